The zero-order valence-electron chi connectivity index (χ0n) is 9.70. The lowest BCUT2D eigenvalue weighted by molar-refractivity contribution is -0.137. The highest BCUT2D eigenvalue weighted by Gasteiger charge is 2.15. The summed E-state index contributed by atoms with van der Waals surface area (Å²) in [7, 11) is 0. The van der Waals surface area contributed by atoms with Crippen molar-refractivity contribution in [2.24, 2.45) is 0 Å². The second-order valence-electron chi connectivity index (χ2n) is 3.68. The Hall–Kier alpha value is -2.08. The van der Waals surface area contributed by atoms with Gasteiger partial charge in [-0.2, -0.15) is 0 Å². The number of amides is 1. The van der Waals surface area contributed by atoms with Crippen molar-refractivity contribution in [2.45, 2.75) is 19.1 Å². The van der Waals surface area contributed by atoms with Crippen molar-refractivity contribution in [1.29, 1.82) is 0 Å². The number of alkyl carbamates (subject to hydrolysis) is 1. The van der Waals surface area contributed by atoms with E-state index in [-0.39, 0.29) is 13.0 Å². The van der Waals surface area contributed by atoms with Crippen molar-refractivity contribution in [3.63, 3.8) is 0 Å². The van der Waals surface area contributed by atoms with Gasteiger partial charge in [-0.15, -0.1) is 0 Å². The lowest BCUT2D eigenvalue weighted by Crippen LogP contribution is -2.39. The summed E-state index contributed by atoms with van der Waals surface area (Å²) in [4.78, 5) is 21.8. The number of carbonyl (C=O) groups excluding carboxylic acids is 1. The van der Waals surface area contributed by atoms with Gasteiger partial charge in [0.05, 0.1) is 19.1 Å². The van der Waals surface area contributed by atoms with Crippen LogP contribution in [-0.2, 0) is 16.1 Å². The molecule has 0 saturated carbocycles. The van der Waals surface area contributed by atoms with E-state index >= 15 is 0 Å². The third-order valence-electron chi connectivity index (χ3n) is 2.18. The van der Waals surface area contributed by atoms with Crippen LogP contribution in [0.15, 0.2) is 30.3 Å². The molecule has 1 aromatic rings. The Morgan fingerprint density at radius 3 is 2.50 bits per heavy atom. The number of aliphatic hydroxyl groups is 1. The lowest BCUT2D eigenvalue weighted by atomic mass is 10.2. The molecule has 6 nitrogen and oxygen atoms in total. The van der Waals surface area contributed by atoms with Gasteiger partial charge < -0.3 is 20.3 Å². The molecule has 0 saturated heterocycles. The van der Waals surface area contributed by atoms with Crippen LogP contribution >= 0.6 is 0 Å². The molecule has 1 atom stereocenters. The van der Waals surface area contributed by atoms with Crippen LogP contribution in [0.5, 0.6) is 0 Å². The number of aliphatic hydroxyl groups excluding tert-OH is 1. The third-order valence-corrected chi connectivity index (χ3v) is 2.18. The fourth-order valence-corrected chi connectivity index (χ4v) is 1.30. The molecule has 6 heteroatoms. The number of carboxylic acid groups (broad SMARTS) is 1. The minimum atomic E-state index is -1.10. The molecule has 0 aliphatic heterocycles. The molecular weight excluding hydrogens is 238 g/mol. The Balaban J connectivity index is 2.34. The minimum absolute atomic E-state index is 0.0951. The molecule has 0 spiro atoms. The van der Waals surface area contributed by atoms with Crippen LogP contribution in [-0.4, -0.2) is 34.9 Å². The van der Waals surface area contributed by atoms with Crippen LogP contribution in [0.2, 0.25) is 0 Å². The molecule has 0 fully saturated rings. The Morgan fingerprint density at radius 2 is 1.94 bits per heavy atom. The molecule has 0 heterocycles. The molecule has 0 aliphatic carbocycles. The fourth-order valence-electron chi connectivity index (χ4n) is 1.30. The first-order valence-electron chi connectivity index (χ1n) is 5.41. The van der Waals surface area contributed by atoms with Crippen molar-refractivity contribution in [3.8, 4) is 0 Å². The maximum atomic E-state index is 11.3. The Bertz CT molecular complexity index is 393. The normalized spacial score (nSPS) is 11.6. The highest BCUT2D eigenvalue weighted by molar-refractivity contribution is 5.71. The van der Waals surface area contributed by atoms with E-state index in [1.165, 1.54) is 0 Å². The van der Waals surface area contributed by atoms with E-state index in [4.69, 9.17) is 14.9 Å². The maximum Gasteiger partial charge on any atom is 0.407 e. The van der Waals surface area contributed by atoms with E-state index in [1.807, 2.05) is 18.2 Å². The Morgan fingerprint density at radius 1 is 1.28 bits per heavy atom. The standard InChI is InChI=1S/C12H15NO5/c14-7-10(6-11(15)16)13-12(17)18-8-9-4-2-1-3-5-9/h1-5,10,14H,6-8H2,(H,13,17)(H,15,16)/t10-/m1/s1. The fraction of sp³-hybridized carbons (Fsp3) is 0.333. The first kappa shape index (κ1) is 14.0. The van der Waals surface area contributed by atoms with Gasteiger partial charge >= 0.3 is 12.1 Å². The number of ether oxygens (including phenoxy) is 1. The molecule has 1 amide bonds. The smallest absolute Gasteiger partial charge is 0.407 e. The summed E-state index contributed by atoms with van der Waals surface area (Å²) in [6, 6.07) is 8.24. The zero-order chi connectivity index (χ0) is 13.4. The molecule has 1 aromatic carbocycles. The molecule has 18 heavy (non-hydrogen) atoms. The van der Waals surface area contributed by atoms with Crippen LogP contribution in [0.1, 0.15) is 12.0 Å². The molecule has 3 N–H and O–H groups in total. The van der Waals surface area contributed by atoms with Gasteiger partial charge in [-0.25, -0.2) is 4.79 Å². The van der Waals surface area contributed by atoms with Gasteiger partial charge in [0.2, 0.25) is 0 Å². The van der Waals surface area contributed by atoms with E-state index in [1.54, 1.807) is 12.1 Å². The highest BCUT2D eigenvalue weighted by Crippen LogP contribution is 2.01. The van der Waals surface area contributed by atoms with Gasteiger partial charge in [0.15, 0.2) is 0 Å². The summed E-state index contributed by atoms with van der Waals surface area (Å²) in [6.07, 6.45) is -1.10. The first-order valence-corrected chi connectivity index (χ1v) is 5.41. The maximum absolute atomic E-state index is 11.3. The van der Waals surface area contributed by atoms with Crippen molar-refractivity contribution in [1.82, 2.24) is 5.32 Å². The number of aliphatic carboxylic acids is 1. The SMILES string of the molecule is O=C(O)C[C@H](CO)NC(=O)OCc1ccccc1. The number of carboxylic acids is 1. The number of rotatable bonds is 6. The monoisotopic (exact) mass is 253 g/mol. The number of nitrogens with one attached hydrogen (secondary N) is 1. The number of hydrogen-bond acceptors (Lipinski definition) is 4. The molecule has 0 radical (unpaired) electrons. The van der Waals surface area contributed by atoms with E-state index < -0.39 is 24.7 Å². The van der Waals surface area contributed by atoms with Crippen molar-refractivity contribution in [3.05, 3.63) is 35.9 Å². The summed E-state index contributed by atoms with van der Waals surface area (Å²) in [5.41, 5.74) is 0.825. The molecule has 98 valence electrons. The van der Waals surface area contributed by atoms with Crippen molar-refractivity contribution >= 4 is 12.1 Å². The van der Waals surface area contributed by atoms with Crippen molar-refractivity contribution < 1.29 is 24.5 Å². The topological polar surface area (TPSA) is 95.9 Å². The molecule has 0 bridgehead atoms. The number of carbonyl (C=O) groups is 2. The van der Waals surface area contributed by atoms with E-state index in [2.05, 4.69) is 5.32 Å². The van der Waals surface area contributed by atoms with Gasteiger partial charge in [0.25, 0.3) is 0 Å². The predicted octanol–water partition coefficient (Wildman–Crippen LogP) is 0.748. The van der Waals surface area contributed by atoms with Gasteiger partial charge in [-0.3, -0.25) is 4.79 Å². The third kappa shape index (κ3) is 5.31. The summed E-state index contributed by atoms with van der Waals surface area (Å²) in [5.74, 6) is -1.10. The summed E-state index contributed by atoms with van der Waals surface area (Å²) < 4.78 is 4.89. The number of hydrogen-bond donors (Lipinski definition) is 3. The van der Waals surface area contributed by atoms with Crippen LogP contribution in [0.3, 0.4) is 0 Å². The van der Waals surface area contributed by atoms with E-state index in [0.717, 1.165) is 5.56 Å². The number of benzene rings is 1. The van der Waals surface area contributed by atoms with Gasteiger partial charge in [-0.1, -0.05) is 30.3 Å². The van der Waals surface area contributed by atoms with Crippen LogP contribution in [0.25, 0.3) is 0 Å². The summed E-state index contributed by atoms with van der Waals surface area (Å²) in [6.45, 7) is -0.357. The Kier molecular flexibility index (Phi) is 5.66. The average molecular weight is 253 g/mol. The summed E-state index contributed by atoms with van der Waals surface area (Å²) >= 11 is 0. The molecule has 0 aliphatic rings. The zero-order valence-corrected chi connectivity index (χ0v) is 9.70. The van der Waals surface area contributed by atoms with Crippen LogP contribution in [0, 0.1) is 0 Å². The molecule has 0 aromatic heterocycles. The molecule has 0 unspecified atom stereocenters. The second-order valence-corrected chi connectivity index (χ2v) is 3.68. The van der Waals surface area contributed by atoms with Crippen LogP contribution in [0.4, 0.5) is 4.79 Å². The van der Waals surface area contributed by atoms with E-state index in [0.29, 0.717) is 0 Å². The Labute approximate surface area is 104 Å². The largest absolute Gasteiger partial charge is 0.481 e. The van der Waals surface area contributed by atoms with Crippen LogP contribution < -0.4 is 5.32 Å². The average Bonchev–Trinajstić information content (AvgIpc) is 2.36. The quantitative estimate of drug-likeness (QED) is 0.695. The van der Waals surface area contributed by atoms with Gasteiger partial charge in [0.1, 0.15) is 6.61 Å². The lowest BCUT2D eigenvalue weighted by Gasteiger charge is -2.14. The van der Waals surface area contributed by atoms with E-state index in [9.17, 15) is 9.59 Å². The minimum Gasteiger partial charge on any atom is -0.481 e. The van der Waals surface area contributed by atoms with Crippen molar-refractivity contribution in [2.75, 3.05) is 6.61 Å². The highest BCUT2D eigenvalue weighted by atomic mass is 16.5. The summed E-state index contributed by atoms with van der Waals surface area (Å²) in [5, 5.41) is 19.7. The van der Waals surface area contributed by atoms with Gasteiger partial charge in [-0.05, 0) is 5.56 Å². The molecule has 1 rings (SSSR count). The second kappa shape index (κ2) is 7.29. The predicted molar refractivity (Wildman–Crippen MR) is 62.9 cm³/mol. The molecular formula is C12H15NO5. The van der Waals surface area contributed by atoms with Gasteiger partial charge in [0, 0.05) is 0 Å². The first-order chi connectivity index (χ1) is 8.61.